The Labute approximate surface area is 132 Å². The maximum Gasteiger partial charge on any atom is 0.350 e. The van der Waals surface area contributed by atoms with Gasteiger partial charge >= 0.3 is 5.97 Å². The lowest BCUT2D eigenvalue weighted by molar-refractivity contribution is -0.138. The van der Waals surface area contributed by atoms with Crippen LogP contribution < -0.4 is 5.32 Å². The standard InChI is InChI=1S/C16H15N3O2S/c1-3-21-15(20)13(8-17)9-18-16-19-14(10-22-16)12-6-4-11(2)5-7-12/h4-7,9-10H,3H2,1-2H3,(H,18,19)/b13-9+. The monoisotopic (exact) mass is 313 g/mol. The Morgan fingerprint density at radius 1 is 1.45 bits per heavy atom. The fourth-order valence-corrected chi connectivity index (χ4v) is 2.37. The first kappa shape index (κ1) is 15.7. The number of aromatic nitrogens is 1. The van der Waals surface area contributed by atoms with Crippen LogP contribution in [0.4, 0.5) is 5.13 Å². The van der Waals surface area contributed by atoms with E-state index in [0.717, 1.165) is 11.3 Å². The smallest absolute Gasteiger partial charge is 0.350 e. The Bertz CT molecular complexity index is 727. The molecule has 0 spiro atoms. The lowest BCUT2D eigenvalue weighted by Gasteiger charge is -2.00. The van der Waals surface area contributed by atoms with Crippen LogP contribution in [0.2, 0.25) is 0 Å². The van der Waals surface area contributed by atoms with Crippen molar-refractivity contribution in [3.05, 3.63) is 47.0 Å². The van der Waals surface area contributed by atoms with Crippen molar-refractivity contribution in [2.45, 2.75) is 13.8 Å². The predicted octanol–water partition coefficient (Wildman–Crippen LogP) is 3.50. The molecule has 0 aliphatic rings. The lowest BCUT2D eigenvalue weighted by atomic mass is 10.1. The van der Waals surface area contributed by atoms with E-state index in [1.165, 1.54) is 23.1 Å². The Morgan fingerprint density at radius 3 is 2.82 bits per heavy atom. The molecule has 0 radical (unpaired) electrons. The van der Waals surface area contributed by atoms with Gasteiger partial charge in [-0.2, -0.15) is 5.26 Å². The molecule has 0 aliphatic heterocycles. The molecular weight excluding hydrogens is 298 g/mol. The summed E-state index contributed by atoms with van der Waals surface area (Å²) in [6.07, 6.45) is 1.32. The summed E-state index contributed by atoms with van der Waals surface area (Å²) in [7, 11) is 0. The number of aryl methyl sites for hydroxylation is 1. The van der Waals surface area contributed by atoms with Gasteiger partial charge in [0.05, 0.1) is 12.3 Å². The summed E-state index contributed by atoms with van der Waals surface area (Å²) in [5.41, 5.74) is 2.96. The van der Waals surface area contributed by atoms with E-state index in [1.807, 2.05) is 36.6 Å². The van der Waals surface area contributed by atoms with Crippen LogP contribution in [0.15, 0.2) is 41.4 Å². The number of esters is 1. The lowest BCUT2D eigenvalue weighted by Crippen LogP contribution is -2.07. The van der Waals surface area contributed by atoms with Gasteiger partial charge in [0.15, 0.2) is 10.7 Å². The molecule has 0 atom stereocenters. The normalized spacial score (nSPS) is 10.9. The van der Waals surface area contributed by atoms with Crippen molar-refractivity contribution < 1.29 is 9.53 Å². The molecule has 6 heteroatoms. The molecule has 22 heavy (non-hydrogen) atoms. The largest absolute Gasteiger partial charge is 0.462 e. The van der Waals surface area contributed by atoms with Crippen molar-refractivity contribution in [1.82, 2.24) is 4.98 Å². The zero-order valence-electron chi connectivity index (χ0n) is 12.3. The molecule has 0 saturated carbocycles. The predicted molar refractivity (Wildman–Crippen MR) is 86.2 cm³/mol. The second kappa shape index (κ2) is 7.38. The summed E-state index contributed by atoms with van der Waals surface area (Å²) in [5.74, 6) is -0.646. The molecule has 2 aromatic rings. The Morgan fingerprint density at radius 2 is 2.18 bits per heavy atom. The van der Waals surface area contributed by atoms with Crippen molar-refractivity contribution in [1.29, 1.82) is 5.26 Å². The number of ether oxygens (including phenoxy) is 1. The van der Waals surface area contributed by atoms with E-state index in [9.17, 15) is 4.79 Å². The fourth-order valence-electron chi connectivity index (χ4n) is 1.68. The van der Waals surface area contributed by atoms with Gasteiger partial charge in [-0.05, 0) is 13.8 Å². The van der Waals surface area contributed by atoms with Crippen LogP contribution in [-0.2, 0) is 9.53 Å². The van der Waals surface area contributed by atoms with Crippen molar-refractivity contribution >= 4 is 22.4 Å². The van der Waals surface area contributed by atoms with Crippen LogP contribution in [0.25, 0.3) is 11.3 Å². The number of rotatable bonds is 5. The number of nitrogens with zero attached hydrogens (tertiary/aromatic N) is 2. The molecule has 1 aromatic heterocycles. The molecule has 0 saturated heterocycles. The molecule has 0 unspecified atom stereocenters. The quantitative estimate of drug-likeness (QED) is 0.519. The van der Waals surface area contributed by atoms with Gasteiger partial charge < -0.3 is 10.1 Å². The summed E-state index contributed by atoms with van der Waals surface area (Å²) in [5, 5.41) is 14.3. The van der Waals surface area contributed by atoms with Crippen molar-refractivity contribution in [3.8, 4) is 17.3 Å². The highest BCUT2D eigenvalue weighted by molar-refractivity contribution is 7.14. The number of thiazole rings is 1. The number of anilines is 1. The Balaban J connectivity index is 2.10. The van der Waals surface area contributed by atoms with Crippen molar-refractivity contribution in [3.63, 3.8) is 0 Å². The minimum Gasteiger partial charge on any atom is -0.462 e. The van der Waals surface area contributed by atoms with Crippen molar-refractivity contribution in [2.75, 3.05) is 11.9 Å². The van der Waals surface area contributed by atoms with Gasteiger partial charge in [0.25, 0.3) is 0 Å². The highest BCUT2D eigenvalue weighted by Gasteiger charge is 2.10. The number of carbonyl (C=O) groups excluding carboxylic acids is 1. The average molecular weight is 313 g/mol. The minimum atomic E-state index is -0.646. The SMILES string of the molecule is CCOC(=O)/C(C#N)=C/Nc1nc(-c2ccc(C)cc2)cs1. The third kappa shape index (κ3) is 3.93. The van der Waals surface area contributed by atoms with Gasteiger partial charge in [-0.15, -0.1) is 11.3 Å². The number of carbonyl (C=O) groups is 1. The summed E-state index contributed by atoms with van der Waals surface area (Å²) in [6.45, 7) is 3.95. The number of nitriles is 1. The second-order valence-corrected chi connectivity index (χ2v) is 5.30. The molecule has 1 aromatic carbocycles. The van der Waals surface area contributed by atoms with E-state index in [-0.39, 0.29) is 12.2 Å². The molecular formula is C16H15N3O2S. The minimum absolute atomic E-state index is 0.0889. The van der Waals surface area contributed by atoms with E-state index < -0.39 is 5.97 Å². The van der Waals surface area contributed by atoms with E-state index in [4.69, 9.17) is 10.00 Å². The first-order chi connectivity index (χ1) is 10.6. The maximum absolute atomic E-state index is 11.5. The highest BCUT2D eigenvalue weighted by Crippen LogP contribution is 2.25. The second-order valence-electron chi connectivity index (χ2n) is 4.44. The van der Waals surface area contributed by atoms with E-state index in [0.29, 0.717) is 5.13 Å². The number of hydrogen-bond acceptors (Lipinski definition) is 6. The highest BCUT2D eigenvalue weighted by atomic mass is 32.1. The Kier molecular flexibility index (Phi) is 5.28. The van der Waals surface area contributed by atoms with Crippen LogP contribution in [-0.4, -0.2) is 17.6 Å². The molecule has 0 fully saturated rings. The van der Waals surface area contributed by atoms with Crippen LogP contribution in [0.5, 0.6) is 0 Å². The van der Waals surface area contributed by atoms with Gasteiger partial charge in [0, 0.05) is 17.1 Å². The third-order valence-electron chi connectivity index (χ3n) is 2.81. The molecule has 5 nitrogen and oxygen atoms in total. The molecule has 1 N–H and O–H groups in total. The molecule has 0 amide bonds. The number of nitrogens with one attached hydrogen (secondary N) is 1. The average Bonchev–Trinajstić information content (AvgIpc) is 2.98. The first-order valence-electron chi connectivity index (χ1n) is 6.70. The van der Waals surface area contributed by atoms with Crippen LogP contribution >= 0.6 is 11.3 Å². The third-order valence-corrected chi connectivity index (χ3v) is 3.58. The zero-order valence-corrected chi connectivity index (χ0v) is 13.1. The number of hydrogen-bond donors (Lipinski definition) is 1. The van der Waals surface area contributed by atoms with E-state index >= 15 is 0 Å². The molecule has 1 heterocycles. The van der Waals surface area contributed by atoms with Gasteiger partial charge in [-0.1, -0.05) is 29.8 Å². The number of benzene rings is 1. The van der Waals surface area contributed by atoms with Gasteiger partial charge in [-0.3, -0.25) is 0 Å². The molecule has 0 bridgehead atoms. The van der Waals surface area contributed by atoms with Crippen molar-refractivity contribution in [2.24, 2.45) is 0 Å². The molecule has 0 aliphatic carbocycles. The molecule has 2 rings (SSSR count). The summed E-state index contributed by atoms with van der Waals surface area (Å²) in [6, 6.07) is 9.86. The maximum atomic E-state index is 11.5. The summed E-state index contributed by atoms with van der Waals surface area (Å²) < 4.78 is 4.78. The van der Waals surface area contributed by atoms with Gasteiger partial charge in [0.1, 0.15) is 6.07 Å². The van der Waals surface area contributed by atoms with E-state index in [1.54, 1.807) is 13.0 Å². The summed E-state index contributed by atoms with van der Waals surface area (Å²) >= 11 is 1.40. The summed E-state index contributed by atoms with van der Waals surface area (Å²) in [4.78, 5) is 15.9. The first-order valence-corrected chi connectivity index (χ1v) is 7.58. The topological polar surface area (TPSA) is 75.0 Å². The molecule has 112 valence electrons. The van der Waals surface area contributed by atoms with E-state index in [2.05, 4.69) is 10.3 Å². The van der Waals surface area contributed by atoms with Crippen LogP contribution in [0.3, 0.4) is 0 Å². The van der Waals surface area contributed by atoms with Crippen LogP contribution in [0.1, 0.15) is 12.5 Å². The van der Waals surface area contributed by atoms with Crippen LogP contribution in [0, 0.1) is 18.3 Å². The van der Waals surface area contributed by atoms with Gasteiger partial charge in [0.2, 0.25) is 0 Å². The Hall–Kier alpha value is -2.65. The fraction of sp³-hybridized carbons (Fsp3) is 0.188. The zero-order chi connectivity index (χ0) is 15.9. The van der Waals surface area contributed by atoms with Gasteiger partial charge in [-0.25, -0.2) is 9.78 Å².